The van der Waals surface area contributed by atoms with Crippen LogP contribution in [0.15, 0.2) is 0 Å². The van der Waals surface area contributed by atoms with Gasteiger partial charge in [0.2, 0.25) is 0 Å². The fraction of sp³-hybridized carbons (Fsp3) is 0. The Bertz CT molecular complexity index is 11.6. The molecule has 0 aliphatic heterocycles. The van der Waals surface area contributed by atoms with Crippen LogP contribution in [0.1, 0.15) is 0 Å². The summed E-state index contributed by atoms with van der Waals surface area (Å²) in [6.07, 6.45) is 0. The summed E-state index contributed by atoms with van der Waals surface area (Å²) in [4.78, 5) is 0. The Morgan fingerprint density at radius 3 is 1.00 bits per heavy atom. The molecule has 0 spiro atoms. The number of rotatable bonds is 0. The van der Waals surface area contributed by atoms with Gasteiger partial charge in [-0.3, -0.25) is 0 Å². The van der Waals surface area contributed by atoms with Crippen LogP contribution in [0.5, 0.6) is 0 Å². The van der Waals surface area contributed by atoms with Gasteiger partial charge in [-0.1, -0.05) is 0 Å². The first-order valence-electron chi connectivity index (χ1n) is 0.567. The van der Waals surface area contributed by atoms with Crippen LogP contribution in [0.3, 0.4) is 0 Å². The topological polar surface area (TPSA) is 0 Å². The molecular formula is H4Br3PSb. The summed E-state index contributed by atoms with van der Waals surface area (Å²) in [5.74, 6) is 0. The molecule has 0 aliphatic rings. The van der Waals surface area contributed by atoms with Crippen LogP contribution in [0.25, 0.3) is 0 Å². The van der Waals surface area contributed by atoms with Crippen molar-refractivity contribution in [1.82, 2.24) is 0 Å². The molecule has 0 aromatic heterocycles. The molecule has 0 heterocycles. The molecule has 5 heteroatoms. The zero-order chi connectivity index (χ0) is 3.58. The minimum atomic E-state index is -1.11. The fourth-order valence-corrected chi connectivity index (χ4v) is 0. The van der Waals surface area contributed by atoms with Crippen LogP contribution in [0.2, 0.25) is 0 Å². The van der Waals surface area contributed by atoms with Crippen LogP contribution in [0, 0.1) is 0 Å². The fourth-order valence-electron chi connectivity index (χ4n) is 0. The van der Waals surface area contributed by atoms with Gasteiger partial charge in [-0.15, -0.1) is 0 Å². The Kier molecular flexibility index (Phi) is 14.2. The molecule has 0 aromatic rings. The van der Waals surface area contributed by atoms with E-state index < -0.39 is 13.5 Å². The van der Waals surface area contributed by atoms with E-state index in [2.05, 4.69) is 37.8 Å². The van der Waals surface area contributed by atoms with Crippen molar-refractivity contribution in [3.8, 4) is 0 Å². The Morgan fingerprint density at radius 2 is 1.00 bits per heavy atom. The maximum absolute atomic E-state index is 3.30. The summed E-state index contributed by atoms with van der Waals surface area (Å²) >= 11 is 8.80. The number of halogens is 3. The van der Waals surface area contributed by atoms with Crippen LogP contribution >= 0.6 is 47.7 Å². The predicted molar refractivity (Wildman–Crippen MR) is 45.0 cm³/mol. The van der Waals surface area contributed by atoms with Gasteiger partial charge in [0, 0.05) is 0 Å². The third-order valence-electron chi connectivity index (χ3n) is 0. The van der Waals surface area contributed by atoms with Gasteiger partial charge in [-0.2, -0.15) is 9.90 Å². The van der Waals surface area contributed by atoms with Gasteiger partial charge in [0.25, 0.3) is 0 Å². The first kappa shape index (κ1) is 10.6. The molecule has 0 saturated carbocycles. The van der Waals surface area contributed by atoms with Crippen molar-refractivity contribution in [2.75, 3.05) is 0 Å². The molecule has 0 amide bonds. The molecule has 5 heavy (non-hydrogen) atoms. The normalized spacial score (nSPS) is 7.20. The van der Waals surface area contributed by atoms with Gasteiger partial charge in [0.1, 0.15) is 0 Å². The molecule has 0 bridgehead atoms. The predicted octanol–water partition coefficient (Wildman–Crippen LogP) is 1.95. The zero-order valence-electron chi connectivity index (χ0n) is 2.34. The third kappa shape index (κ3) is 20.3. The summed E-state index contributed by atoms with van der Waals surface area (Å²) in [7, 11) is 0. The standard InChI is InChI=1S/3BrH.H3P.Sb.H/h3*1H;1H3;;/q;;;;+3;/p-3. The Labute approximate surface area is 60.1 Å². The molecule has 0 aliphatic carbocycles. The van der Waals surface area contributed by atoms with Gasteiger partial charge < -0.3 is 0 Å². The summed E-state index contributed by atoms with van der Waals surface area (Å²) < 4.78 is 0. The third-order valence-corrected chi connectivity index (χ3v) is 0. The van der Waals surface area contributed by atoms with Crippen LogP contribution < -0.4 is 0 Å². The molecule has 0 aromatic carbocycles. The number of hydrogen-bond donors (Lipinski definition) is 0. The molecule has 35 valence electrons. The van der Waals surface area contributed by atoms with E-state index in [1.54, 1.807) is 0 Å². The van der Waals surface area contributed by atoms with Gasteiger partial charge >= 0.3 is 51.2 Å². The van der Waals surface area contributed by atoms with Crippen LogP contribution in [-0.4, -0.2) is 13.5 Å². The van der Waals surface area contributed by atoms with Gasteiger partial charge in [-0.25, -0.2) is 0 Å². The average molecular weight is 396 g/mol. The van der Waals surface area contributed by atoms with Crippen molar-refractivity contribution in [3.63, 3.8) is 0 Å². The maximum atomic E-state index is 3.30. The summed E-state index contributed by atoms with van der Waals surface area (Å²) in [6, 6.07) is 0. The van der Waals surface area contributed by atoms with E-state index in [0.717, 1.165) is 0 Å². The van der Waals surface area contributed by atoms with E-state index in [9.17, 15) is 0 Å². The first-order valence-corrected chi connectivity index (χ1v) is 19.8. The Morgan fingerprint density at radius 1 is 1.00 bits per heavy atom. The van der Waals surface area contributed by atoms with Crippen molar-refractivity contribution in [1.29, 1.82) is 0 Å². The van der Waals surface area contributed by atoms with Crippen molar-refractivity contribution in [2.24, 2.45) is 0 Å². The van der Waals surface area contributed by atoms with E-state index >= 15 is 0 Å². The molecule has 0 saturated heterocycles. The van der Waals surface area contributed by atoms with E-state index in [1.165, 1.54) is 0 Å². The average Bonchev–Trinajstić information content (AvgIpc) is 0.811. The van der Waals surface area contributed by atoms with Crippen molar-refractivity contribution in [2.45, 2.75) is 0 Å². The SMILES string of the molecule is P.[Br][SbH]([Br])[Br]. The summed E-state index contributed by atoms with van der Waals surface area (Å²) in [6.45, 7) is 0. The second-order valence-corrected chi connectivity index (χ2v) is 38.8. The van der Waals surface area contributed by atoms with Gasteiger partial charge in [-0.05, 0) is 0 Å². The van der Waals surface area contributed by atoms with E-state index in [0.29, 0.717) is 0 Å². The monoisotopic (exact) mass is 393 g/mol. The molecule has 0 fully saturated rings. The van der Waals surface area contributed by atoms with Crippen molar-refractivity contribution < 1.29 is 0 Å². The van der Waals surface area contributed by atoms with Crippen molar-refractivity contribution in [3.05, 3.63) is 0 Å². The Balaban J connectivity index is 0. The van der Waals surface area contributed by atoms with Crippen LogP contribution in [-0.2, 0) is 0 Å². The van der Waals surface area contributed by atoms with E-state index in [1.807, 2.05) is 0 Å². The Hall–Kier alpha value is 2.69. The van der Waals surface area contributed by atoms with Crippen LogP contribution in [0.4, 0.5) is 0 Å². The molecule has 1 unspecified atom stereocenters. The molecular weight excluding hydrogens is 392 g/mol. The first-order chi connectivity index (χ1) is 1.73. The second-order valence-electron chi connectivity index (χ2n) is 0.214. The van der Waals surface area contributed by atoms with Gasteiger partial charge in [0.15, 0.2) is 0 Å². The summed E-state index contributed by atoms with van der Waals surface area (Å²) in [5, 5.41) is 0. The molecule has 0 nitrogen and oxygen atoms in total. The molecule has 1 radical (unpaired) electrons. The zero-order valence-corrected chi connectivity index (χ0v) is 11.4. The minimum absolute atomic E-state index is 0. The molecule has 0 N–H and O–H groups in total. The van der Waals surface area contributed by atoms with E-state index in [-0.39, 0.29) is 9.90 Å². The molecule has 0 rings (SSSR count). The summed E-state index contributed by atoms with van der Waals surface area (Å²) in [5.41, 5.74) is 0. The quantitative estimate of drug-likeness (QED) is 0.434. The molecule has 1 atom stereocenters. The second kappa shape index (κ2) is 6.69. The van der Waals surface area contributed by atoms with E-state index in [4.69, 9.17) is 0 Å². The van der Waals surface area contributed by atoms with Gasteiger partial charge in [0.05, 0.1) is 0 Å². The van der Waals surface area contributed by atoms with Crippen molar-refractivity contribution >= 4 is 61.1 Å². The number of hydrogen-bond acceptors (Lipinski definition) is 0.